The van der Waals surface area contributed by atoms with Gasteiger partial charge in [-0.1, -0.05) is 30.3 Å². The fourth-order valence-electron chi connectivity index (χ4n) is 3.03. The molecular weight excluding hydrogens is 320 g/mol. The number of nitrogens with two attached hydrogens (primary N) is 1. The molecule has 0 saturated heterocycles. The van der Waals surface area contributed by atoms with E-state index in [1.165, 1.54) is 6.92 Å². The molecule has 6 nitrogen and oxygen atoms in total. The number of nitrogen functional groups attached to an aromatic ring is 1. The summed E-state index contributed by atoms with van der Waals surface area (Å²) in [4.78, 5) is 13.3. The van der Waals surface area contributed by atoms with Gasteiger partial charge in [0.1, 0.15) is 11.9 Å². The highest BCUT2D eigenvalue weighted by atomic mass is 16.5. The molecule has 3 rings (SSSR count). The second-order valence-corrected chi connectivity index (χ2v) is 6.62. The highest BCUT2D eigenvalue weighted by Crippen LogP contribution is 2.37. The molecule has 2 aromatic carbocycles. The van der Waals surface area contributed by atoms with Gasteiger partial charge in [0.25, 0.3) is 0 Å². The van der Waals surface area contributed by atoms with E-state index in [0.29, 0.717) is 24.5 Å². The number of ether oxygens (including phenoxy) is 1. The highest BCUT2D eigenvalue weighted by molar-refractivity contribution is 5.76. The summed E-state index contributed by atoms with van der Waals surface area (Å²) in [6.45, 7) is 2.40. The number of hydrogen-bond acceptors (Lipinski definition) is 5. The van der Waals surface area contributed by atoms with Gasteiger partial charge in [-0.2, -0.15) is 0 Å². The minimum absolute atomic E-state index is 0.00254. The summed E-state index contributed by atoms with van der Waals surface area (Å²) < 4.78 is 5.92. The summed E-state index contributed by atoms with van der Waals surface area (Å²) in [6.07, 6.45) is -0.441. The maximum atomic E-state index is 11.2. The Labute approximate surface area is 146 Å². The Balaban J connectivity index is 1.87. The molecule has 0 aliphatic carbocycles. The summed E-state index contributed by atoms with van der Waals surface area (Å²) in [7, 11) is 0. The van der Waals surface area contributed by atoms with E-state index in [-0.39, 0.29) is 6.42 Å². The molecule has 0 bridgehead atoms. The fourth-order valence-corrected chi connectivity index (χ4v) is 3.03. The van der Waals surface area contributed by atoms with Crippen molar-refractivity contribution >= 4 is 17.3 Å². The summed E-state index contributed by atoms with van der Waals surface area (Å²) in [5.41, 5.74) is 6.71. The maximum absolute atomic E-state index is 11.2. The average molecular weight is 342 g/mol. The minimum atomic E-state index is -1.84. The van der Waals surface area contributed by atoms with Crippen molar-refractivity contribution in [2.45, 2.75) is 31.6 Å². The van der Waals surface area contributed by atoms with Crippen molar-refractivity contribution in [2.24, 2.45) is 0 Å². The molecule has 4 N–H and O–H groups in total. The van der Waals surface area contributed by atoms with Crippen LogP contribution < -0.4 is 15.4 Å². The fraction of sp³-hybridized carbons (Fsp3) is 0.316. The number of carbonyl (C=O) groups is 1. The van der Waals surface area contributed by atoms with Crippen molar-refractivity contribution in [1.29, 1.82) is 0 Å². The largest absolute Gasteiger partial charge is 0.486 e. The van der Waals surface area contributed by atoms with Gasteiger partial charge < -0.3 is 25.6 Å². The SMILES string of the molecule is C[C@](O)(C[C@H]1CN(Cc2ccccc2)c2cc(N)ccc2O1)C(=O)O. The van der Waals surface area contributed by atoms with E-state index in [1.54, 1.807) is 12.1 Å². The van der Waals surface area contributed by atoms with Crippen LogP contribution in [0.2, 0.25) is 0 Å². The van der Waals surface area contributed by atoms with Crippen molar-refractivity contribution < 1.29 is 19.7 Å². The lowest BCUT2D eigenvalue weighted by atomic mass is 9.97. The Morgan fingerprint density at radius 1 is 1.32 bits per heavy atom. The van der Waals surface area contributed by atoms with Crippen LogP contribution >= 0.6 is 0 Å². The molecule has 1 aliphatic heterocycles. The number of fused-ring (bicyclic) bond motifs is 1. The third-order valence-electron chi connectivity index (χ3n) is 4.34. The van der Waals surface area contributed by atoms with Crippen LogP contribution in [0.5, 0.6) is 5.75 Å². The zero-order valence-electron chi connectivity index (χ0n) is 14.1. The molecule has 1 aliphatic rings. The van der Waals surface area contributed by atoms with Crippen LogP contribution in [-0.4, -0.2) is 34.4 Å². The van der Waals surface area contributed by atoms with Crippen molar-refractivity contribution in [3.8, 4) is 5.75 Å². The Morgan fingerprint density at radius 3 is 2.72 bits per heavy atom. The van der Waals surface area contributed by atoms with Gasteiger partial charge in [0.15, 0.2) is 5.60 Å². The lowest BCUT2D eigenvalue weighted by Gasteiger charge is -2.38. The monoisotopic (exact) mass is 342 g/mol. The predicted octanol–water partition coefficient (Wildman–Crippen LogP) is 2.26. The van der Waals surface area contributed by atoms with E-state index in [1.807, 2.05) is 36.4 Å². The van der Waals surface area contributed by atoms with Crippen LogP contribution in [0.25, 0.3) is 0 Å². The molecule has 2 aromatic rings. The average Bonchev–Trinajstić information content (AvgIpc) is 2.56. The van der Waals surface area contributed by atoms with Gasteiger partial charge in [0, 0.05) is 18.7 Å². The minimum Gasteiger partial charge on any atom is -0.486 e. The van der Waals surface area contributed by atoms with E-state index in [0.717, 1.165) is 11.3 Å². The third-order valence-corrected chi connectivity index (χ3v) is 4.34. The lowest BCUT2D eigenvalue weighted by molar-refractivity contribution is -0.159. The number of hydrogen-bond donors (Lipinski definition) is 3. The van der Waals surface area contributed by atoms with Crippen LogP contribution in [-0.2, 0) is 11.3 Å². The lowest BCUT2D eigenvalue weighted by Crippen LogP contribution is -2.46. The number of carboxylic acids is 1. The molecule has 25 heavy (non-hydrogen) atoms. The summed E-state index contributed by atoms with van der Waals surface area (Å²) in [6, 6.07) is 15.4. The zero-order chi connectivity index (χ0) is 18.0. The van der Waals surface area contributed by atoms with Gasteiger partial charge >= 0.3 is 5.97 Å². The molecule has 6 heteroatoms. The van der Waals surface area contributed by atoms with E-state index < -0.39 is 17.7 Å². The number of nitrogens with zero attached hydrogens (tertiary/aromatic N) is 1. The van der Waals surface area contributed by atoms with Crippen LogP contribution in [0.1, 0.15) is 18.9 Å². The molecule has 2 atom stereocenters. The van der Waals surface area contributed by atoms with E-state index in [2.05, 4.69) is 4.90 Å². The molecule has 0 radical (unpaired) electrons. The number of aliphatic hydroxyl groups is 1. The van der Waals surface area contributed by atoms with Crippen molar-refractivity contribution in [1.82, 2.24) is 0 Å². The summed E-state index contributed by atoms with van der Waals surface area (Å²) >= 11 is 0. The van der Waals surface area contributed by atoms with Gasteiger partial charge in [0.05, 0.1) is 12.2 Å². The third kappa shape index (κ3) is 3.85. The van der Waals surface area contributed by atoms with E-state index in [9.17, 15) is 9.90 Å². The molecule has 0 amide bonds. The Kier molecular flexibility index (Phi) is 4.55. The van der Waals surface area contributed by atoms with Gasteiger partial charge in [-0.05, 0) is 30.7 Å². The Morgan fingerprint density at radius 2 is 2.04 bits per heavy atom. The molecule has 0 saturated carbocycles. The van der Waals surface area contributed by atoms with E-state index >= 15 is 0 Å². The van der Waals surface area contributed by atoms with Crippen LogP contribution in [0.15, 0.2) is 48.5 Å². The normalized spacial score (nSPS) is 18.8. The molecule has 0 unspecified atom stereocenters. The first-order valence-corrected chi connectivity index (χ1v) is 8.16. The van der Waals surface area contributed by atoms with Crippen molar-refractivity contribution in [3.63, 3.8) is 0 Å². The van der Waals surface area contributed by atoms with E-state index in [4.69, 9.17) is 15.6 Å². The first kappa shape index (κ1) is 17.1. The molecule has 0 fully saturated rings. The van der Waals surface area contributed by atoms with Gasteiger partial charge in [-0.25, -0.2) is 4.79 Å². The number of aliphatic carboxylic acids is 1. The van der Waals surface area contributed by atoms with Crippen LogP contribution in [0.4, 0.5) is 11.4 Å². The smallest absolute Gasteiger partial charge is 0.335 e. The number of benzene rings is 2. The zero-order valence-corrected chi connectivity index (χ0v) is 14.1. The number of rotatable bonds is 5. The first-order chi connectivity index (χ1) is 11.8. The van der Waals surface area contributed by atoms with Gasteiger partial charge in [0.2, 0.25) is 0 Å². The summed E-state index contributed by atoms with van der Waals surface area (Å²) in [5, 5.41) is 19.3. The van der Waals surface area contributed by atoms with Crippen molar-refractivity contribution in [3.05, 3.63) is 54.1 Å². The molecular formula is C19H22N2O4. The maximum Gasteiger partial charge on any atom is 0.335 e. The number of anilines is 2. The second kappa shape index (κ2) is 6.64. The van der Waals surface area contributed by atoms with Gasteiger partial charge in [-0.3, -0.25) is 0 Å². The topological polar surface area (TPSA) is 96.0 Å². The Bertz CT molecular complexity index is 761. The van der Waals surface area contributed by atoms with Crippen molar-refractivity contribution in [2.75, 3.05) is 17.2 Å². The number of carboxylic acid groups (broad SMARTS) is 1. The molecule has 0 aromatic heterocycles. The molecule has 132 valence electrons. The first-order valence-electron chi connectivity index (χ1n) is 8.16. The second-order valence-electron chi connectivity index (χ2n) is 6.62. The highest BCUT2D eigenvalue weighted by Gasteiger charge is 2.37. The van der Waals surface area contributed by atoms with Gasteiger partial charge in [-0.15, -0.1) is 0 Å². The quantitative estimate of drug-likeness (QED) is 0.721. The predicted molar refractivity (Wildman–Crippen MR) is 95.6 cm³/mol. The molecule has 1 heterocycles. The van der Waals surface area contributed by atoms with Crippen LogP contribution in [0.3, 0.4) is 0 Å². The summed E-state index contributed by atoms with van der Waals surface area (Å²) in [5.74, 6) is -0.614. The van der Waals surface area contributed by atoms with Crippen LogP contribution in [0, 0.1) is 0 Å². The molecule has 0 spiro atoms. The standard InChI is InChI=1S/C19H22N2O4/c1-19(24,18(22)23)10-15-12-21(11-13-5-3-2-4-6-13)16-9-14(20)7-8-17(16)25-15/h2-9,15,24H,10-12,20H2,1H3,(H,22,23)/t15-,19-/m0/s1. The Hall–Kier alpha value is -2.73.